The molecule has 0 saturated carbocycles. The Labute approximate surface area is 129 Å². The van der Waals surface area contributed by atoms with Crippen molar-refractivity contribution in [2.45, 2.75) is 18.5 Å². The zero-order valence-electron chi connectivity index (χ0n) is 12.2. The summed E-state index contributed by atoms with van der Waals surface area (Å²) < 4.78 is 12.7. The largest absolute Gasteiger partial charge is 0.481 e. The molecule has 0 bridgehead atoms. The average Bonchev–Trinajstić information content (AvgIpc) is 2.53. The van der Waals surface area contributed by atoms with Crippen LogP contribution in [0.1, 0.15) is 29.6 Å². The maximum Gasteiger partial charge on any atom is 0.312 e. The summed E-state index contributed by atoms with van der Waals surface area (Å²) in [4.78, 5) is 26.2. The Morgan fingerprint density at radius 2 is 1.82 bits per heavy atom. The number of carboxylic acids is 1. The summed E-state index contributed by atoms with van der Waals surface area (Å²) in [6.45, 7) is 1.59. The highest BCUT2D eigenvalue weighted by Crippen LogP contribution is 2.61. The lowest BCUT2D eigenvalue weighted by molar-refractivity contribution is -0.139. The van der Waals surface area contributed by atoms with E-state index in [9.17, 15) is 19.4 Å². The molecule has 0 spiro atoms. The summed E-state index contributed by atoms with van der Waals surface area (Å²) in [5, 5.41) is 9.66. The molecule has 0 aliphatic carbocycles. The Balaban J connectivity index is 2.60. The first-order valence-corrected chi connectivity index (χ1v) is 8.88. The highest BCUT2D eigenvalue weighted by molar-refractivity contribution is 7.58. The van der Waals surface area contributed by atoms with E-state index in [0.29, 0.717) is 11.1 Å². The molecule has 0 aliphatic rings. The lowest BCUT2D eigenvalue weighted by Gasteiger charge is -2.28. The standard InChI is InChI=1S/C16H18NO4P/c1-2-22(20,21)15(13-9-6-10-17-11-13)14(16(18)19)12-7-4-3-5-8-12/h3-11,14-15H,2H2,1H3,(H,18,19)(H,20,21). The summed E-state index contributed by atoms with van der Waals surface area (Å²) in [5.41, 5.74) is -0.0517. The minimum absolute atomic E-state index is 0.00315. The van der Waals surface area contributed by atoms with Crippen molar-refractivity contribution in [1.29, 1.82) is 0 Å². The van der Waals surface area contributed by atoms with Crippen LogP contribution in [0.5, 0.6) is 0 Å². The van der Waals surface area contributed by atoms with Gasteiger partial charge in [-0.2, -0.15) is 0 Å². The molecule has 3 atom stereocenters. The van der Waals surface area contributed by atoms with Crippen LogP contribution in [0.4, 0.5) is 0 Å². The van der Waals surface area contributed by atoms with Crippen molar-refractivity contribution in [2.24, 2.45) is 0 Å². The van der Waals surface area contributed by atoms with E-state index in [4.69, 9.17) is 0 Å². The molecule has 2 N–H and O–H groups in total. The predicted octanol–water partition coefficient (Wildman–Crippen LogP) is 3.28. The van der Waals surface area contributed by atoms with E-state index < -0.39 is 24.9 Å². The van der Waals surface area contributed by atoms with Gasteiger partial charge in [-0.15, -0.1) is 0 Å². The van der Waals surface area contributed by atoms with Crippen LogP contribution >= 0.6 is 7.37 Å². The van der Waals surface area contributed by atoms with E-state index in [-0.39, 0.29) is 6.16 Å². The van der Waals surface area contributed by atoms with Crippen molar-refractivity contribution in [1.82, 2.24) is 4.98 Å². The number of carboxylic acid groups (broad SMARTS) is 1. The third kappa shape index (κ3) is 3.43. The summed E-state index contributed by atoms with van der Waals surface area (Å²) in [5.74, 6) is -2.22. The highest BCUT2D eigenvalue weighted by atomic mass is 31.2. The molecule has 2 rings (SSSR count). The van der Waals surface area contributed by atoms with Gasteiger partial charge in [0.1, 0.15) is 0 Å². The Morgan fingerprint density at radius 1 is 1.18 bits per heavy atom. The fourth-order valence-corrected chi connectivity index (χ4v) is 4.30. The summed E-state index contributed by atoms with van der Waals surface area (Å²) in [6.07, 6.45) is 3.01. The Bertz CT molecular complexity index is 675. The molecule has 6 heteroatoms. The SMILES string of the molecule is CCP(=O)(O)C(c1cccnc1)C(C(=O)O)c1ccccc1. The van der Waals surface area contributed by atoms with Crippen molar-refractivity contribution < 1.29 is 19.4 Å². The number of pyridine rings is 1. The molecular weight excluding hydrogens is 301 g/mol. The van der Waals surface area contributed by atoms with Gasteiger partial charge in [0, 0.05) is 18.6 Å². The molecule has 5 nitrogen and oxygen atoms in total. The first-order chi connectivity index (χ1) is 10.5. The van der Waals surface area contributed by atoms with Crippen LogP contribution in [0.15, 0.2) is 54.9 Å². The summed E-state index contributed by atoms with van der Waals surface area (Å²) in [7, 11) is -3.70. The molecule has 2 aromatic rings. The second-order valence-corrected chi connectivity index (χ2v) is 7.73. The van der Waals surface area contributed by atoms with Gasteiger partial charge in [0.2, 0.25) is 7.37 Å². The molecule has 1 aromatic carbocycles. The zero-order valence-corrected chi connectivity index (χ0v) is 13.1. The fourth-order valence-electron chi connectivity index (χ4n) is 2.53. The van der Waals surface area contributed by atoms with E-state index in [1.165, 1.54) is 6.20 Å². The minimum atomic E-state index is -3.70. The number of nitrogens with zero attached hydrogens (tertiary/aromatic N) is 1. The maximum absolute atomic E-state index is 12.7. The van der Waals surface area contributed by atoms with Gasteiger partial charge in [-0.1, -0.05) is 43.3 Å². The highest BCUT2D eigenvalue weighted by Gasteiger charge is 2.42. The Morgan fingerprint density at radius 3 is 2.32 bits per heavy atom. The van der Waals surface area contributed by atoms with Crippen LogP contribution in [0, 0.1) is 0 Å². The monoisotopic (exact) mass is 319 g/mol. The Hall–Kier alpha value is -1.97. The number of carbonyl (C=O) groups is 1. The molecule has 1 heterocycles. The van der Waals surface area contributed by atoms with Crippen molar-refractivity contribution >= 4 is 13.3 Å². The van der Waals surface area contributed by atoms with Gasteiger partial charge in [0.05, 0.1) is 11.6 Å². The van der Waals surface area contributed by atoms with Crippen LogP contribution in [-0.4, -0.2) is 27.1 Å². The van der Waals surface area contributed by atoms with Gasteiger partial charge in [-0.3, -0.25) is 14.3 Å². The number of benzene rings is 1. The molecule has 0 saturated heterocycles. The third-order valence-electron chi connectivity index (χ3n) is 3.65. The molecule has 0 fully saturated rings. The van der Waals surface area contributed by atoms with E-state index in [1.54, 1.807) is 55.6 Å². The van der Waals surface area contributed by atoms with E-state index >= 15 is 0 Å². The fraction of sp³-hybridized carbons (Fsp3) is 0.250. The van der Waals surface area contributed by atoms with Crippen LogP contribution < -0.4 is 0 Å². The lowest BCUT2D eigenvalue weighted by atomic mass is 9.92. The maximum atomic E-state index is 12.7. The molecule has 0 aliphatic heterocycles. The van der Waals surface area contributed by atoms with Crippen LogP contribution in [0.25, 0.3) is 0 Å². The van der Waals surface area contributed by atoms with Crippen molar-refractivity contribution in [3.63, 3.8) is 0 Å². The van der Waals surface area contributed by atoms with Gasteiger partial charge in [0.25, 0.3) is 0 Å². The van der Waals surface area contributed by atoms with E-state index in [0.717, 1.165) is 0 Å². The second kappa shape index (κ2) is 6.86. The van der Waals surface area contributed by atoms with E-state index in [2.05, 4.69) is 4.98 Å². The molecule has 0 radical (unpaired) electrons. The Kier molecular flexibility index (Phi) is 5.11. The van der Waals surface area contributed by atoms with E-state index in [1.807, 2.05) is 0 Å². The summed E-state index contributed by atoms with van der Waals surface area (Å²) >= 11 is 0. The van der Waals surface area contributed by atoms with Gasteiger partial charge in [0.15, 0.2) is 0 Å². The number of hydrogen-bond donors (Lipinski definition) is 2. The van der Waals surface area contributed by atoms with Crippen molar-refractivity contribution in [2.75, 3.05) is 6.16 Å². The molecule has 0 amide bonds. The topological polar surface area (TPSA) is 87.5 Å². The average molecular weight is 319 g/mol. The number of aliphatic carboxylic acids is 1. The number of hydrogen-bond acceptors (Lipinski definition) is 3. The van der Waals surface area contributed by atoms with Gasteiger partial charge in [-0.25, -0.2) is 0 Å². The van der Waals surface area contributed by atoms with Crippen LogP contribution in [0.2, 0.25) is 0 Å². The smallest absolute Gasteiger partial charge is 0.312 e. The first-order valence-electron chi connectivity index (χ1n) is 6.96. The second-order valence-electron chi connectivity index (χ2n) is 5.03. The molecule has 3 unspecified atom stereocenters. The number of aromatic nitrogens is 1. The molecule has 22 heavy (non-hydrogen) atoms. The predicted molar refractivity (Wildman–Crippen MR) is 84.2 cm³/mol. The minimum Gasteiger partial charge on any atom is -0.481 e. The first kappa shape index (κ1) is 16.4. The molecule has 116 valence electrons. The summed E-state index contributed by atoms with van der Waals surface area (Å²) in [6, 6.07) is 11.8. The number of rotatable bonds is 6. The van der Waals surface area contributed by atoms with Gasteiger partial charge >= 0.3 is 5.97 Å². The quantitative estimate of drug-likeness (QED) is 0.798. The third-order valence-corrected chi connectivity index (χ3v) is 6.03. The van der Waals surface area contributed by atoms with Crippen LogP contribution in [-0.2, 0) is 9.36 Å². The lowest BCUT2D eigenvalue weighted by Crippen LogP contribution is -2.21. The normalized spacial score (nSPS) is 16.5. The van der Waals surface area contributed by atoms with Gasteiger partial charge in [-0.05, 0) is 17.2 Å². The van der Waals surface area contributed by atoms with Crippen molar-refractivity contribution in [3.05, 3.63) is 66.0 Å². The molecule has 1 aromatic heterocycles. The van der Waals surface area contributed by atoms with Crippen LogP contribution in [0.3, 0.4) is 0 Å². The van der Waals surface area contributed by atoms with Gasteiger partial charge < -0.3 is 10.00 Å². The van der Waals surface area contributed by atoms with Crippen molar-refractivity contribution in [3.8, 4) is 0 Å². The zero-order chi connectivity index (χ0) is 16.2. The molecular formula is C16H18NO4P.